The average Bonchev–Trinajstić information content (AvgIpc) is 2.60. The van der Waals surface area contributed by atoms with E-state index in [0.29, 0.717) is 23.7 Å². The van der Waals surface area contributed by atoms with Crippen LogP contribution in [0.2, 0.25) is 18.1 Å². The van der Waals surface area contributed by atoms with Gasteiger partial charge in [-0.1, -0.05) is 27.2 Å². The number of ketones is 1. The van der Waals surface area contributed by atoms with Gasteiger partial charge in [-0.3, -0.25) is 4.79 Å². The second-order valence-corrected chi connectivity index (χ2v) is 12.4. The molecule has 0 aliphatic heterocycles. The highest BCUT2D eigenvalue weighted by molar-refractivity contribution is 6.74. The number of fused-ring (bicyclic) bond motifs is 1. The third-order valence-corrected chi connectivity index (χ3v) is 9.89. The number of carbonyl (C=O) groups excluding carboxylic acids is 1. The van der Waals surface area contributed by atoms with Gasteiger partial charge in [0.1, 0.15) is 5.78 Å². The third-order valence-electron chi connectivity index (χ3n) is 5.39. The van der Waals surface area contributed by atoms with Crippen LogP contribution in [0.5, 0.6) is 0 Å². The molecular formula is C15H28O2Si. The lowest BCUT2D eigenvalue weighted by Gasteiger charge is -2.43. The summed E-state index contributed by atoms with van der Waals surface area (Å²) in [4.78, 5) is 11.9. The standard InChI is InChI=1S/C15H28O2Si/c1-15(2,3)18(4,5)17-14-8-6-7-11-12(14)9-10-13(11)16/h11-12,14H,6-10H2,1-5H3. The van der Waals surface area contributed by atoms with E-state index in [-0.39, 0.29) is 5.04 Å². The van der Waals surface area contributed by atoms with Crippen LogP contribution in [0.15, 0.2) is 0 Å². The molecule has 0 spiro atoms. The number of hydrogen-bond donors (Lipinski definition) is 0. The fourth-order valence-electron chi connectivity index (χ4n) is 3.21. The molecule has 2 fully saturated rings. The van der Waals surface area contributed by atoms with Gasteiger partial charge in [-0.25, -0.2) is 0 Å². The first-order valence-corrected chi connectivity index (χ1v) is 10.3. The summed E-state index contributed by atoms with van der Waals surface area (Å²) in [6, 6.07) is 0. The van der Waals surface area contributed by atoms with Crippen LogP contribution in [-0.2, 0) is 9.22 Å². The van der Waals surface area contributed by atoms with E-state index in [1.54, 1.807) is 0 Å². The van der Waals surface area contributed by atoms with Gasteiger partial charge in [0, 0.05) is 18.4 Å². The van der Waals surface area contributed by atoms with E-state index in [2.05, 4.69) is 33.9 Å². The van der Waals surface area contributed by atoms with Crippen LogP contribution in [0.25, 0.3) is 0 Å². The molecule has 104 valence electrons. The van der Waals surface area contributed by atoms with Crippen molar-refractivity contribution in [3.05, 3.63) is 0 Å². The van der Waals surface area contributed by atoms with Gasteiger partial charge in [-0.2, -0.15) is 0 Å². The van der Waals surface area contributed by atoms with Crippen molar-refractivity contribution in [2.24, 2.45) is 11.8 Å². The van der Waals surface area contributed by atoms with Crippen molar-refractivity contribution in [3.8, 4) is 0 Å². The van der Waals surface area contributed by atoms with Crippen LogP contribution in [0.3, 0.4) is 0 Å². The number of rotatable bonds is 2. The molecule has 2 nitrogen and oxygen atoms in total. The van der Waals surface area contributed by atoms with Crippen LogP contribution < -0.4 is 0 Å². The van der Waals surface area contributed by atoms with E-state index < -0.39 is 8.32 Å². The molecule has 3 atom stereocenters. The Balaban J connectivity index is 2.07. The Hall–Kier alpha value is -0.153. The highest BCUT2D eigenvalue weighted by atomic mass is 28.4. The van der Waals surface area contributed by atoms with Crippen LogP contribution >= 0.6 is 0 Å². The molecule has 2 saturated carbocycles. The molecule has 3 unspecified atom stereocenters. The van der Waals surface area contributed by atoms with E-state index in [1.807, 2.05) is 0 Å². The molecule has 2 aliphatic carbocycles. The smallest absolute Gasteiger partial charge is 0.192 e. The molecule has 0 saturated heterocycles. The van der Waals surface area contributed by atoms with Crippen molar-refractivity contribution in [1.29, 1.82) is 0 Å². The van der Waals surface area contributed by atoms with Gasteiger partial charge in [-0.05, 0) is 43.3 Å². The second-order valence-electron chi connectivity index (χ2n) is 7.62. The van der Waals surface area contributed by atoms with Crippen molar-refractivity contribution >= 4 is 14.1 Å². The van der Waals surface area contributed by atoms with E-state index in [9.17, 15) is 4.79 Å². The number of Topliss-reactive ketones (excluding diaryl/α,β-unsaturated/α-hetero) is 1. The minimum absolute atomic E-state index is 0.266. The summed E-state index contributed by atoms with van der Waals surface area (Å²) in [6.07, 6.45) is 5.68. The summed E-state index contributed by atoms with van der Waals surface area (Å²) in [6.45, 7) is 11.5. The fraction of sp³-hybridized carbons (Fsp3) is 0.933. The Bertz CT molecular complexity index is 330. The molecule has 0 heterocycles. The van der Waals surface area contributed by atoms with Gasteiger partial charge in [-0.15, -0.1) is 0 Å². The Morgan fingerprint density at radius 2 is 1.83 bits per heavy atom. The monoisotopic (exact) mass is 268 g/mol. The molecule has 0 amide bonds. The zero-order chi connectivity index (χ0) is 13.6. The summed E-state index contributed by atoms with van der Waals surface area (Å²) in [5.74, 6) is 1.36. The minimum Gasteiger partial charge on any atom is -0.414 e. The van der Waals surface area contributed by atoms with Crippen LogP contribution in [0.4, 0.5) is 0 Å². The first-order valence-electron chi connectivity index (χ1n) is 7.43. The molecule has 0 N–H and O–H groups in total. The van der Waals surface area contributed by atoms with E-state index in [1.165, 1.54) is 12.8 Å². The van der Waals surface area contributed by atoms with Gasteiger partial charge >= 0.3 is 0 Å². The summed E-state index contributed by atoms with van der Waals surface area (Å²) in [7, 11) is -1.69. The summed E-state index contributed by atoms with van der Waals surface area (Å²) >= 11 is 0. The van der Waals surface area contributed by atoms with Crippen LogP contribution in [0, 0.1) is 11.8 Å². The molecular weight excluding hydrogens is 240 g/mol. The molecule has 0 aromatic rings. The van der Waals surface area contributed by atoms with Crippen molar-refractivity contribution in [3.63, 3.8) is 0 Å². The normalized spacial score (nSPS) is 33.6. The molecule has 18 heavy (non-hydrogen) atoms. The van der Waals surface area contributed by atoms with Gasteiger partial charge in [0.25, 0.3) is 0 Å². The second kappa shape index (κ2) is 4.75. The molecule has 0 radical (unpaired) electrons. The first kappa shape index (κ1) is 14.3. The van der Waals surface area contributed by atoms with Crippen molar-refractivity contribution < 1.29 is 9.22 Å². The van der Waals surface area contributed by atoms with Crippen LogP contribution in [-0.4, -0.2) is 20.2 Å². The fourth-order valence-corrected chi connectivity index (χ4v) is 4.61. The molecule has 3 heteroatoms. The highest BCUT2D eigenvalue weighted by Gasteiger charge is 2.46. The maximum absolute atomic E-state index is 11.9. The SMILES string of the molecule is CC(C)(C)[Si](C)(C)OC1CCCC2C(=O)CCC12. The highest BCUT2D eigenvalue weighted by Crippen LogP contribution is 2.45. The molecule has 2 rings (SSSR count). The molecule has 0 aromatic carbocycles. The van der Waals surface area contributed by atoms with Gasteiger partial charge < -0.3 is 4.43 Å². The maximum atomic E-state index is 11.9. The third kappa shape index (κ3) is 2.57. The lowest BCUT2D eigenvalue weighted by Crippen LogP contribution is -2.47. The predicted molar refractivity (Wildman–Crippen MR) is 77.1 cm³/mol. The van der Waals surface area contributed by atoms with Gasteiger partial charge in [0.2, 0.25) is 0 Å². The number of carbonyl (C=O) groups is 1. The Morgan fingerprint density at radius 1 is 1.17 bits per heavy atom. The zero-order valence-corrected chi connectivity index (χ0v) is 13.6. The predicted octanol–water partition coefficient (Wildman–Crippen LogP) is 4.16. The summed E-state index contributed by atoms with van der Waals surface area (Å²) in [5.41, 5.74) is 0. The average molecular weight is 268 g/mol. The quantitative estimate of drug-likeness (QED) is 0.703. The zero-order valence-electron chi connectivity index (χ0n) is 12.6. The minimum atomic E-state index is -1.69. The number of hydrogen-bond acceptors (Lipinski definition) is 2. The maximum Gasteiger partial charge on any atom is 0.192 e. The lowest BCUT2D eigenvalue weighted by atomic mass is 9.79. The largest absolute Gasteiger partial charge is 0.414 e. The van der Waals surface area contributed by atoms with Crippen molar-refractivity contribution in [2.45, 2.75) is 77.1 Å². The van der Waals surface area contributed by atoms with Crippen LogP contribution in [0.1, 0.15) is 52.9 Å². The summed E-state index contributed by atoms with van der Waals surface area (Å²) < 4.78 is 6.59. The Kier molecular flexibility index (Phi) is 3.76. The molecule has 0 aromatic heterocycles. The topological polar surface area (TPSA) is 26.3 Å². The van der Waals surface area contributed by atoms with E-state index >= 15 is 0 Å². The molecule has 2 aliphatic rings. The Morgan fingerprint density at radius 3 is 2.44 bits per heavy atom. The Labute approximate surface area is 113 Å². The molecule has 0 bridgehead atoms. The first-order chi connectivity index (χ1) is 8.22. The summed E-state index contributed by atoms with van der Waals surface area (Å²) in [5, 5.41) is 0.266. The van der Waals surface area contributed by atoms with Crippen molar-refractivity contribution in [1.82, 2.24) is 0 Å². The van der Waals surface area contributed by atoms with E-state index in [4.69, 9.17) is 4.43 Å². The van der Waals surface area contributed by atoms with E-state index in [0.717, 1.165) is 19.3 Å². The van der Waals surface area contributed by atoms with Gasteiger partial charge in [0.15, 0.2) is 8.32 Å². The van der Waals surface area contributed by atoms with Crippen molar-refractivity contribution in [2.75, 3.05) is 0 Å². The lowest BCUT2D eigenvalue weighted by molar-refractivity contribution is -0.123. The van der Waals surface area contributed by atoms with Gasteiger partial charge in [0.05, 0.1) is 0 Å².